The van der Waals surface area contributed by atoms with Crippen LogP contribution in [-0.2, 0) is 0 Å². The molecule has 0 aliphatic rings. The number of benzene rings is 1. The zero-order valence-electron chi connectivity index (χ0n) is 7.98. The Morgan fingerprint density at radius 2 is 2.00 bits per heavy atom. The molecule has 0 saturated heterocycles. The zero-order chi connectivity index (χ0) is 11.7. The molecule has 0 spiro atoms. The van der Waals surface area contributed by atoms with E-state index < -0.39 is 5.97 Å². The Hall–Kier alpha value is -1.95. The fourth-order valence-electron chi connectivity index (χ4n) is 1.27. The van der Waals surface area contributed by atoms with Crippen molar-refractivity contribution in [2.75, 3.05) is 5.73 Å². The van der Waals surface area contributed by atoms with Crippen LogP contribution in [0.1, 0.15) is 9.67 Å². The van der Waals surface area contributed by atoms with Gasteiger partial charge in [0.25, 0.3) is 0 Å². The molecule has 4 nitrogen and oxygen atoms in total. The van der Waals surface area contributed by atoms with Crippen LogP contribution in [0.25, 0.3) is 11.3 Å². The van der Waals surface area contributed by atoms with Gasteiger partial charge < -0.3 is 10.8 Å². The highest BCUT2D eigenvalue weighted by atomic mass is 32.1. The minimum atomic E-state index is -1.11. The normalized spacial score (nSPS) is 10.3. The Labute approximate surface area is 94.3 Å². The highest BCUT2D eigenvalue weighted by Crippen LogP contribution is 2.30. The number of carbonyl (C=O) groups is 1. The lowest BCUT2D eigenvalue weighted by molar-refractivity contribution is 0.0703. The van der Waals surface area contributed by atoms with E-state index in [1.807, 2.05) is 0 Å². The minimum absolute atomic E-state index is 0.000625. The van der Waals surface area contributed by atoms with E-state index in [1.54, 1.807) is 0 Å². The fourth-order valence-corrected chi connectivity index (χ4v) is 1.93. The molecule has 0 saturated carbocycles. The lowest BCUT2D eigenvalue weighted by Crippen LogP contribution is -1.98. The third-order valence-corrected chi connectivity index (χ3v) is 2.89. The van der Waals surface area contributed by atoms with E-state index in [9.17, 15) is 9.18 Å². The van der Waals surface area contributed by atoms with Gasteiger partial charge in [0.2, 0.25) is 0 Å². The van der Waals surface area contributed by atoms with E-state index in [2.05, 4.69) is 4.37 Å². The summed E-state index contributed by atoms with van der Waals surface area (Å²) in [5, 5.41) is 8.80. The smallest absolute Gasteiger partial charge is 0.349 e. The van der Waals surface area contributed by atoms with E-state index in [4.69, 9.17) is 10.8 Å². The fraction of sp³-hybridized carbons (Fsp3) is 0. The molecule has 82 valence electrons. The number of carboxylic acids is 1. The van der Waals surface area contributed by atoms with Crippen molar-refractivity contribution < 1.29 is 14.3 Å². The van der Waals surface area contributed by atoms with E-state index in [0.717, 1.165) is 11.5 Å². The van der Waals surface area contributed by atoms with Crippen LogP contribution in [0, 0.1) is 5.82 Å². The van der Waals surface area contributed by atoms with Crippen molar-refractivity contribution in [3.8, 4) is 11.3 Å². The Morgan fingerprint density at radius 1 is 1.38 bits per heavy atom. The molecule has 0 unspecified atom stereocenters. The van der Waals surface area contributed by atoms with Gasteiger partial charge in [-0.1, -0.05) is 0 Å². The summed E-state index contributed by atoms with van der Waals surface area (Å²) >= 11 is 0.815. The van der Waals surface area contributed by atoms with Crippen LogP contribution >= 0.6 is 11.5 Å². The molecule has 2 rings (SSSR count). The molecule has 0 aliphatic carbocycles. The van der Waals surface area contributed by atoms with Crippen molar-refractivity contribution in [2.24, 2.45) is 0 Å². The van der Waals surface area contributed by atoms with Gasteiger partial charge in [-0.15, -0.1) is 0 Å². The summed E-state index contributed by atoms with van der Waals surface area (Å²) in [7, 11) is 0. The number of nitrogens with zero attached hydrogens (tertiary/aromatic N) is 1. The maximum absolute atomic E-state index is 12.7. The van der Waals surface area contributed by atoms with Crippen LogP contribution in [-0.4, -0.2) is 15.4 Å². The van der Waals surface area contributed by atoms with E-state index in [1.165, 1.54) is 24.3 Å². The summed E-state index contributed by atoms with van der Waals surface area (Å²) in [6.45, 7) is 0. The summed E-state index contributed by atoms with van der Waals surface area (Å²) < 4.78 is 16.6. The predicted octanol–water partition coefficient (Wildman–Crippen LogP) is 2.23. The largest absolute Gasteiger partial charge is 0.477 e. The molecule has 0 bridgehead atoms. The Bertz CT molecular complexity index is 536. The zero-order valence-corrected chi connectivity index (χ0v) is 8.79. The number of hydrogen-bond acceptors (Lipinski definition) is 4. The SMILES string of the molecule is Nc1c(-c2ccc(F)cc2)nsc1C(=O)O. The molecule has 0 fully saturated rings. The maximum Gasteiger partial charge on any atom is 0.349 e. The van der Waals surface area contributed by atoms with Crippen molar-refractivity contribution in [1.29, 1.82) is 0 Å². The van der Waals surface area contributed by atoms with Crippen LogP contribution in [0.15, 0.2) is 24.3 Å². The van der Waals surface area contributed by atoms with Gasteiger partial charge in [-0.25, -0.2) is 9.18 Å². The van der Waals surface area contributed by atoms with Gasteiger partial charge in [-0.2, -0.15) is 4.37 Å². The lowest BCUT2D eigenvalue weighted by atomic mass is 10.1. The van der Waals surface area contributed by atoms with E-state index in [-0.39, 0.29) is 16.4 Å². The first kappa shape index (κ1) is 10.6. The van der Waals surface area contributed by atoms with Gasteiger partial charge in [0.1, 0.15) is 11.5 Å². The molecular formula is C10H7FN2O2S. The molecule has 1 aromatic heterocycles. The summed E-state index contributed by atoms with van der Waals surface area (Å²) in [5.74, 6) is -1.47. The second kappa shape index (κ2) is 3.90. The molecule has 0 aliphatic heterocycles. The van der Waals surface area contributed by atoms with Crippen molar-refractivity contribution in [3.63, 3.8) is 0 Å². The van der Waals surface area contributed by atoms with Gasteiger partial charge in [0.05, 0.1) is 5.69 Å². The molecule has 1 heterocycles. The maximum atomic E-state index is 12.7. The molecule has 6 heteroatoms. The van der Waals surface area contributed by atoms with Gasteiger partial charge in [-0.3, -0.25) is 0 Å². The minimum Gasteiger partial charge on any atom is -0.477 e. The Morgan fingerprint density at radius 3 is 2.50 bits per heavy atom. The second-order valence-electron chi connectivity index (χ2n) is 3.09. The van der Waals surface area contributed by atoms with Gasteiger partial charge in [-0.05, 0) is 35.8 Å². The standard InChI is InChI=1S/C10H7FN2O2S/c11-6-3-1-5(2-4-6)8-7(12)9(10(14)15)16-13-8/h1-4H,12H2,(H,14,15). The monoisotopic (exact) mass is 238 g/mol. The molecule has 3 N–H and O–H groups in total. The highest BCUT2D eigenvalue weighted by Gasteiger charge is 2.17. The quantitative estimate of drug-likeness (QED) is 0.841. The second-order valence-corrected chi connectivity index (χ2v) is 3.86. The van der Waals surface area contributed by atoms with Crippen LogP contribution in [0.5, 0.6) is 0 Å². The molecular weight excluding hydrogens is 231 g/mol. The topological polar surface area (TPSA) is 76.2 Å². The molecule has 16 heavy (non-hydrogen) atoms. The first-order chi connectivity index (χ1) is 7.59. The number of aromatic carboxylic acids is 1. The third kappa shape index (κ3) is 1.74. The van der Waals surface area contributed by atoms with E-state index in [0.29, 0.717) is 11.3 Å². The summed E-state index contributed by atoms with van der Waals surface area (Å²) in [4.78, 5) is 10.8. The lowest BCUT2D eigenvalue weighted by Gasteiger charge is -1.98. The molecule has 0 atom stereocenters. The average Bonchev–Trinajstić information content (AvgIpc) is 2.61. The number of hydrogen-bond donors (Lipinski definition) is 2. The van der Waals surface area contributed by atoms with Gasteiger partial charge in [0, 0.05) is 5.56 Å². The van der Waals surface area contributed by atoms with Crippen molar-refractivity contribution in [3.05, 3.63) is 35.0 Å². The molecule has 2 aromatic rings. The van der Waals surface area contributed by atoms with Crippen LogP contribution in [0.3, 0.4) is 0 Å². The number of halogens is 1. The van der Waals surface area contributed by atoms with Gasteiger partial charge >= 0.3 is 5.97 Å². The number of aromatic nitrogens is 1. The summed E-state index contributed by atoms with van der Waals surface area (Å²) in [5.41, 5.74) is 6.74. The van der Waals surface area contributed by atoms with Crippen molar-refractivity contribution >= 4 is 23.2 Å². The number of nitrogens with two attached hydrogens (primary N) is 1. The van der Waals surface area contributed by atoms with Gasteiger partial charge in [0.15, 0.2) is 4.88 Å². The van der Waals surface area contributed by atoms with Crippen LogP contribution in [0.4, 0.5) is 10.1 Å². The predicted molar refractivity (Wildman–Crippen MR) is 58.9 cm³/mol. The number of carboxylic acid groups (broad SMARTS) is 1. The van der Waals surface area contributed by atoms with Crippen LogP contribution in [0.2, 0.25) is 0 Å². The van der Waals surface area contributed by atoms with Crippen molar-refractivity contribution in [1.82, 2.24) is 4.37 Å². The summed E-state index contributed by atoms with van der Waals surface area (Å²) in [6.07, 6.45) is 0. The number of rotatable bonds is 2. The first-order valence-corrected chi connectivity index (χ1v) is 5.11. The van der Waals surface area contributed by atoms with Crippen LogP contribution < -0.4 is 5.73 Å². The Balaban J connectivity index is 2.49. The van der Waals surface area contributed by atoms with Crippen molar-refractivity contribution in [2.45, 2.75) is 0 Å². The molecule has 0 radical (unpaired) electrons. The highest BCUT2D eigenvalue weighted by molar-refractivity contribution is 7.09. The first-order valence-electron chi connectivity index (χ1n) is 4.34. The van der Waals surface area contributed by atoms with E-state index >= 15 is 0 Å². The molecule has 1 aromatic carbocycles. The number of nitrogen functional groups attached to an aromatic ring is 1. The average molecular weight is 238 g/mol. The number of anilines is 1. The molecule has 0 amide bonds. The summed E-state index contributed by atoms with van der Waals surface area (Å²) in [6, 6.07) is 5.56. The Kier molecular flexibility index (Phi) is 2.57. The third-order valence-electron chi connectivity index (χ3n) is 2.04.